The Bertz CT molecular complexity index is 850. The summed E-state index contributed by atoms with van der Waals surface area (Å²) < 4.78 is 0. The van der Waals surface area contributed by atoms with Crippen molar-refractivity contribution >= 4 is 11.6 Å². The Labute approximate surface area is 159 Å². The minimum Gasteiger partial charge on any atom is -0.369 e. The first-order valence-electron chi connectivity index (χ1n) is 9.73. The Kier molecular flexibility index (Phi) is 5.03. The maximum Gasteiger partial charge on any atom is 0.323 e. The second kappa shape index (κ2) is 7.60. The van der Waals surface area contributed by atoms with E-state index in [0.29, 0.717) is 11.7 Å². The number of rotatable bonds is 3. The van der Waals surface area contributed by atoms with E-state index in [1.807, 2.05) is 4.90 Å². The maximum absolute atomic E-state index is 12.6. The molecule has 2 aliphatic rings. The first kappa shape index (κ1) is 17.9. The predicted octanol–water partition coefficient (Wildman–Crippen LogP) is 1.44. The molecule has 0 saturated carbocycles. The van der Waals surface area contributed by atoms with Gasteiger partial charge in [0.25, 0.3) is 5.91 Å². The van der Waals surface area contributed by atoms with E-state index in [1.165, 1.54) is 17.4 Å². The molecule has 1 amide bonds. The average molecular weight is 369 g/mol. The number of amides is 1. The second-order valence-corrected chi connectivity index (χ2v) is 7.51. The lowest BCUT2D eigenvalue weighted by Crippen LogP contribution is -2.56. The molecule has 2 fully saturated rings. The summed E-state index contributed by atoms with van der Waals surface area (Å²) in [6, 6.07) is 8.94. The molecule has 1 atom stereocenters. The van der Waals surface area contributed by atoms with Crippen LogP contribution >= 0.6 is 0 Å². The highest BCUT2D eigenvalue weighted by Gasteiger charge is 2.31. The zero-order valence-electron chi connectivity index (χ0n) is 15.8. The van der Waals surface area contributed by atoms with Crippen molar-refractivity contribution in [2.75, 3.05) is 44.2 Å². The third-order valence-electron chi connectivity index (χ3n) is 5.80. The van der Waals surface area contributed by atoms with E-state index in [2.05, 4.69) is 51.0 Å². The topological polar surface area (TPSA) is 75.4 Å². The zero-order chi connectivity index (χ0) is 18.8. The molecule has 0 bridgehead atoms. The standard InChI is InChI=1S/C20H27N5O2/c1-15-5-2-3-7-18(15)24-11-9-23(10-12-24)16-6-4-8-25(14-16)19(26)17-13-21-20(27)22-17/h2-3,5,7,13,16H,4,6,8-12,14H2,1H3,(H2,21,22,27). The molecule has 27 heavy (non-hydrogen) atoms. The van der Waals surface area contributed by atoms with E-state index < -0.39 is 0 Å². The summed E-state index contributed by atoms with van der Waals surface area (Å²) in [6.07, 6.45) is 3.59. The van der Waals surface area contributed by atoms with Gasteiger partial charge in [0.05, 0.1) is 0 Å². The van der Waals surface area contributed by atoms with Gasteiger partial charge in [0.15, 0.2) is 0 Å². The number of aryl methyl sites for hydroxylation is 1. The Morgan fingerprint density at radius 1 is 1.11 bits per heavy atom. The predicted molar refractivity (Wildman–Crippen MR) is 105 cm³/mol. The fraction of sp³-hybridized carbons (Fsp3) is 0.500. The van der Waals surface area contributed by atoms with E-state index >= 15 is 0 Å². The summed E-state index contributed by atoms with van der Waals surface area (Å²) in [6.45, 7) is 7.71. The van der Waals surface area contributed by atoms with Gasteiger partial charge in [-0.25, -0.2) is 4.79 Å². The number of benzene rings is 1. The van der Waals surface area contributed by atoms with Crippen molar-refractivity contribution in [3.63, 3.8) is 0 Å². The SMILES string of the molecule is Cc1ccccc1N1CCN(C2CCCN(C(=O)c3c[nH]c(=O)[nH]3)C2)CC1. The van der Waals surface area contributed by atoms with Crippen LogP contribution in [0.1, 0.15) is 28.9 Å². The minimum absolute atomic E-state index is 0.0865. The Morgan fingerprint density at radius 3 is 2.59 bits per heavy atom. The van der Waals surface area contributed by atoms with Crippen molar-refractivity contribution in [3.8, 4) is 0 Å². The third-order valence-corrected chi connectivity index (χ3v) is 5.80. The Hall–Kier alpha value is -2.54. The quantitative estimate of drug-likeness (QED) is 0.858. The van der Waals surface area contributed by atoms with E-state index in [0.717, 1.165) is 52.1 Å². The van der Waals surface area contributed by atoms with Gasteiger partial charge >= 0.3 is 5.69 Å². The van der Waals surface area contributed by atoms with Crippen LogP contribution in [0.25, 0.3) is 0 Å². The van der Waals surface area contributed by atoms with Gasteiger partial charge in [-0.2, -0.15) is 0 Å². The molecule has 0 aliphatic carbocycles. The summed E-state index contributed by atoms with van der Waals surface area (Å²) in [5.74, 6) is -0.0865. The van der Waals surface area contributed by atoms with Crippen LogP contribution in [0, 0.1) is 6.92 Å². The largest absolute Gasteiger partial charge is 0.369 e. The molecule has 7 heteroatoms. The second-order valence-electron chi connectivity index (χ2n) is 7.51. The van der Waals surface area contributed by atoms with Crippen molar-refractivity contribution in [1.82, 2.24) is 19.8 Å². The summed E-state index contributed by atoms with van der Waals surface area (Å²) >= 11 is 0. The van der Waals surface area contributed by atoms with Crippen LogP contribution in [-0.4, -0.2) is 71.0 Å². The smallest absolute Gasteiger partial charge is 0.323 e. The summed E-state index contributed by atoms with van der Waals surface area (Å²) in [4.78, 5) is 35.8. The van der Waals surface area contributed by atoms with Crippen LogP contribution in [-0.2, 0) is 0 Å². The number of piperidine rings is 1. The maximum atomic E-state index is 12.6. The average Bonchev–Trinajstić information content (AvgIpc) is 3.14. The van der Waals surface area contributed by atoms with E-state index in [1.54, 1.807) is 0 Å². The van der Waals surface area contributed by atoms with Gasteiger partial charge in [0, 0.05) is 57.2 Å². The third kappa shape index (κ3) is 3.78. The number of para-hydroxylation sites is 1. The Balaban J connectivity index is 1.36. The van der Waals surface area contributed by atoms with Gasteiger partial charge in [-0.1, -0.05) is 18.2 Å². The molecule has 0 radical (unpaired) electrons. The molecular formula is C20H27N5O2. The molecule has 2 saturated heterocycles. The van der Waals surface area contributed by atoms with Crippen LogP contribution in [0.2, 0.25) is 0 Å². The molecule has 1 aromatic carbocycles. The van der Waals surface area contributed by atoms with Gasteiger partial charge in [-0.15, -0.1) is 0 Å². The number of likely N-dealkylation sites (tertiary alicyclic amines) is 1. The number of hydrogen-bond donors (Lipinski definition) is 2. The molecule has 7 nitrogen and oxygen atoms in total. The lowest BCUT2D eigenvalue weighted by Gasteiger charge is -2.44. The number of aromatic nitrogens is 2. The first-order chi connectivity index (χ1) is 13.1. The number of aromatic amines is 2. The molecule has 1 unspecified atom stereocenters. The summed E-state index contributed by atoms with van der Waals surface area (Å²) in [7, 11) is 0. The lowest BCUT2D eigenvalue weighted by atomic mass is 10.0. The normalized spacial score (nSPS) is 21.4. The molecule has 1 aromatic heterocycles. The van der Waals surface area contributed by atoms with E-state index in [9.17, 15) is 9.59 Å². The van der Waals surface area contributed by atoms with Crippen LogP contribution < -0.4 is 10.6 Å². The van der Waals surface area contributed by atoms with Crippen molar-refractivity contribution in [2.45, 2.75) is 25.8 Å². The van der Waals surface area contributed by atoms with Gasteiger partial charge < -0.3 is 19.8 Å². The number of nitrogens with one attached hydrogen (secondary N) is 2. The van der Waals surface area contributed by atoms with Crippen molar-refractivity contribution in [2.24, 2.45) is 0 Å². The van der Waals surface area contributed by atoms with Crippen LogP contribution in [0.15, 0.2) is 35.3 Å². The molecule has 144 valence electrons. The summed E-state index contributed by atoms with van der Waals surface area (Å²) in [5.41, 5.74) is 2.67. The number of piperazine rings is 1. The monoisotopic (exact) mass is 369 g/mol. The molecular weight excluding hydrogens is 342 g/mol. The van der Waals surface area contributed by atoms with Gasteiger partial charge in [-0.3, -0.25) is 9.69 Å². The Morgan fingerprint density at radius 2 is 1.89 bits per heavy atom. The van der Waals surface area contributed by atoms with Gasteiger partial charge in [0.1, 0.15) is 5.69 Å². The lowest BCUT2D eigenvalue weighted by molar-refractivity contribution is 0.0558. The van der Waals surface area contributed by atoms with Crippen molar-refractivity contribution in [1.29, 1.82) is 0 Å². The highest BCUT2D eigenvalue weighted by molar-refractivity contribution is 5.92. The number of hydrogen-bond acceptors (Lipinski definition) is 4. The molecule has 2 aliphatic heterocycles. The highest BCUT2D eigenvalue weighted by Crippen LogP contribution is 2.23. The number of nitrogens with zero attached hydrogens (tertiary/aromatic N) is 3. The molecule has 4 rings (SSSR count). The number of carbonyl (C=O) groups excluding carboxylic acids is 1. The van der Waals surface area contributed by atoms with Crippen LogP contribution in [0.5, 0.6) is 0 Å². The van der Waals surface area contributed by atoms with Gasteiger partial charge in [-0.05, 0) is 31.4 Å². The van der Waals surface area contributed by atoms with Crippen LogP contribution in [0.4, 0.5) is 5.69 Å². The highest BCUT2D eigenvalue weighted by atomic mass is 16.2. The van der Waals surface area contributed by atoms with Crippen molar-refractivity contribution < 1.29 is 4.79 Å². The fourth-order valence-corrected chi connectivity index (χ4v) is 4.30. The number of carbonyl (C=O) groups is 1. The van der Waals surface area contributed by atoms with Gasteiger partial charge in [0.2, 0.25) is 0 Å². The fourth-order valence-electron chi connectivity index (χ4n) is 4.30. The molecule has 3 heterocycles. The van der Waals surface area contributed by atoms with E-state index in [-0.39, 0.29) is 11.6 Å². The zero-order valence-corrected chi connectivity index (χ0v) is 15.8. The molecule has 2 N–H and O–H groups in total. The minimum atomic E-state index is -0.334. The number of anilines is 1. The number of H-pyrrole nitrogens is 2. The van der Waals surface area contributed by atoms with Crippen molar-refractivity contribution in [3.05, 3.63) is 52.2 Å². The summed E-state index contributed by atoms with van der Waals surface area (Å²) in [5, 5.41) is 0. The number of imidazole rings is 1. The first-order valence-corrected chi connectivity index (χ1v) is 9.73. The van der Waals surface area contributed by atoms with Crippen LogP contribution in [0.3, 0.4) is 0 Å². The molecule has 0 spiro atoms. The van der Waals surface area contributed by atoms with E-state index in [4.69, 9.17) is 0 Å². The molecule has 2 aromatic rings.